The summed E-state index contributed by atoms with van der Waals surface area (Å²) >= 11 is 5.79. The fourth-order valence-corrected chi connectivity index (χ4v) is 2.49. The minimum atomic E-state index is 0.457. The second-order valence-electron chi connectivity index (χ2n) is 4.44. The minimum Gasteiger partial charge on any atom is -0.378 e. The fourth-order valence-electron chi connectivity index (χ4n) is 2.31. The van der Waals surface area contributed by atoms with Gasteiger partial charge in [-0.1, -0.05) is 12.1 Å². The molecule has 0 spiro atoms. The molecule has 0 atom stereocenters. The van der Waals surface area contributed by atoms with Gasteiger partial charge in [0.15, 0.2) is 0 Å². The summed E-state index contributed by atoms with van der Waals surface area (Å²) in [6.07, 6.45) is 2.72. The lowest BCUT2D eigenvalue weighted by molar-refractivity contribution is 0.0459. The van der Waals surface area contributed by atoms with Gasteiger partial charge in [-0.25, -0.2) is 0 Å². The van der Waals surface area contributed by atoms with Crippen molar-refractivity contribution in [3.8, 4) is 0 Å². The smallest absolute Gasteiger partial charge is 0.0608 e. The molecule has 94 valence electrons. The number of ether oxygens (including phenoxy) is 1. The molecule has 2 nitrogen and oxygen atoms in total. The highest BCUT2D eigenvalue weighted by Crippen LogP contribution is 2.22. The first-order valence-corrected chi connectivity index (χ1v) is 6.88. The number of rotatable bonds is 4. The zero-order valence-electron chi connectivity index (χ0n) is 10.4. The molecule has 0 N–H and O–H groups in total. The van der Waals surface area contributed by atoms with E-state index < -0.39 is 0 Å². The van der Waals surface area contributed by atoms with Gasteiger partial charge in [0.2, 0.25) is 0 Å². The Morgan fingerprint density at radius 2 is 1.88 bits per heavy atom. The van der Waals surface area contributed by atoms with Crippen molar-refractivity contribution in [3.05, 3.63) is 29.8 Å². The number of nitrogens with zero attached hydrogens (tertiary/aromatic N) is 1. The van der Waals surface area contributed by atoms with Crippen LogP contribution >= 0.6 is 11.6 Å². The highest BCUT2D eigenvalue weighted by Gasteiger charge is 2.19. The van der Waals surface area contributed by atoms with Gasteiger partial charge in [0.1, 0.15) is 0 Å². The van der Waals surface area contributed by atoms with Gasteiger partial charge in [0.05, 0.1) is 6.10 Å². The highest BCUT2D eigenvalue weighted by atomic mass is 35.5. The molecule has 0 radical (unpaired) electrons. The summed E-state index contributed by atoms with van der Waals surface area (Å²) in [5.41, 5.74) is 2.48. The second-order valence-corrected chi connectivity index (χ2v) is 4.71. The van der Waals surface area contributed by atoms with Crippen molar-refractivity contribution in [3.63, 3.8) is 0 Å². The van der Waals surface area contributed by atoms with Gasteiger partial charge in [-0.2, -0.15) is 0 Å². The zero-order chi connectivity index (χ0) is 12.1. The van der Waals surface area contributed by atoms with Crippen molar-refractivity contribution in [2.75, 3.05) is 24.6 Å². The molecule has 3 heteroatoms. The predicted octanol–water partition coefficient (Wildman–Crippen LogP) is 3.43. The van der Waals surface area contributed by atoms with E-state index in [1.807, 2.05) is 0 Å². The van der Waals surface area contributed by atoms with Crippen LogP contribution in [0.3, 0.4) is 0 Å². The van der Waals surface area contributed by atoms with Gasteiger partial charge in [0.25, 0.3) is 0 Å². The van der Waals surface area contributed by atoms with E-state index in [2.05, 4.69) is 36.1 Å². The molecule has 0 aliphatic carbocycles. The fraction of sp³-hybridized carbons (Fsp3) is 0.571. The third kappa shape index (κ3) is 3.36. The average Bonchev–Trinajstić information content (AvgIpc) is 2.40. The largest absolute Gasteiger partial charge is 0.378 e. The van der Waals surface area contributed by atoms with Gasteiger partial charge < -0.3 is 9.64 Å². The molecule has 1 saturated heterocycles. The van der Waals surface area contributed by atoms with E-state index >= 15 is 0 Å². The Hall–Kier alpha value is -0.730. The molecule has 1 aromatic carbocycles. The number of hydrogen-bond acceptors (Lipinski definition) is 2. The van der Waals surface area contributed by atoms with Gasteiger partial charge in [-0.15, -0.1) is 11.6 Å². The summed E-state index contributed by atoms with van der Waals surface area (Å²) in [5.74, 6) is 0.590. The Morgan fingerprint density at radius 3 is 2.41 bits per heavy atom. The molecule has 0 aromatic heterocycles. The van der Waals surface area contributed by atoms with Crippen LogP contribution in [0, 0.1) is 0 Å². The average molecular weight is 254 g/mol. The molecule has 0 unspecified atom stereocenters. The molecule has 1 fully saturated rings. The number of alkyl halides is 1. The summed E-state index contributed by atoms with van der Waals surface area (Å²) in [7, 11) is 0. The molecule has 0 amide bonds. The standard InChI is InChI=1S/C14H20ClNO/c1-2-17-14-7-9-16(10-8-14)13-5-3-12(11-15)4-6-13/h3-6,14H,2,7-11H2,1H3. The first-order chi connectivity index (χ1) is 8.33. The topological polar surface area (TPSA) is 12.5 Å². The number of benzene rings is 1. The van der Waals surface area contributed by atoms with Crippen LogP contribution in [0.2, 0.25) is 0 Å². The van der Waals surface area contributed by atoms with Crippen molar-refractivity contribution in [1.29, 1.82) is 0 Å². The predicted molar refractivity (Wildman–Crippen MR) is 72.9 cm³/mol. The molecular formula is C14H20ClNO. The lowest BCUT2D eigenvalue weighted by Crippen LogP contribution is -2.37. The quantitative estimate of drug-likeness (QED) is 0.763. The van der Waals surface area contributed by atoms with Gasteiger partial charge >= 0.3 is 0 Å². The summed E-state index contributed by atoms with van der Waals surface area (Å²) in [6.45, 7) is 5.07. The van der Waals surface area contributed by atoms with Gasteiger partial charge in [-0.05, 0) is 37.5 Å². The van der Waals surface area contributed by atoms with Crippen LogP contribution in [0.1, 0.15) is 25.3 Å². The van der Waals surface area contributed by atoms with Crippen LogP contribution < -0.4 is 4.90 Å². The monoisotopic (exact) mass is 253 g/mol. The first kappa shape index (κ1) is 12.7. The van der Waals surface area contributed by atoms with E-state index in [-0.39, 0.29) is 0 Å². The number of halogens is 1. The first-order valence-electron chi connectivity index (χ1n) is 6.35. The highest BCUT2D eigenvalue weighted by molar-refractivity contribution is 6.17. The summed E-state index contributed by atoms with van der Waals surface area (Å²) < 4.78 is 5.66. The Morgan fingerprint density at radius 1 is 1.24 bits per heavy atom. The van der Waals surface area contributed by atoms with Gasteiger partial charge in [-0.3, -0.25) is 0 Å². The third-order valence-corrected chi connectivity index (χ3v) is 3.61. The van der Waals surface area contributed by atoms with E-state index in [4.69, 9.17) is 16.3 Å². The Balaban J connectivity index is 1.91. The summed E-state index contributed by atoms with van der Waals surface area (Å²) in [5, 5.41) is 0. The van der Waals surface area contributed by atoms with Gasteiger partial charge in [0, 0.05) is 31.3 Å². The molecule has 17 heavy (non-hydrogen) atoms. The van der Waals surface area contributed by atoms with Crippen LogP contribution in [-0.4, -0.2) is 25.8 Å². The normalized spacial score (nSPS) is 17.4. The number of anilines is 1. The molecule has 1 heterocycles. The van der Waals surface area contributed by atoms with E-state index in [0.717, 1.165) is 32.5 Å². The molecule has 2 rings (SSSR count). The minimum absolute atomic E-state index is 0.457. The number of piperidine rings is 1. The van der Waals surface area contributed by atoms with Crippen LogP contribution in [0.25, 0.3) is 0 Å². The van der Waals surface area contributed by atoms with E-state index in [1.165, 1.54) is 11.3 Å². The van der Waals surface area contributed by atoms with Crippen molar-refractivity contribution in [2.45, 2.75) is 31.7 Å². The lowest BCUT2D eigenvalue weighted by Gasteiger charge is -2.33. The van der Waals surface area contributed by atoms with Crippen LogP contribution in [0.5, 0.6) is 0 Å². The van der Waals surface area contributed by atoms with Crippen LogP contribution in [0.4, 0.5) is 5.69 Å². The summed E-state index contributed by atoms with van der Waals surface area (Å²) in [6, 6.07) is 8.55. The van der Waals surface area contributed by atoms with E-state index in [9.17, 15) is 0 Å². The van der Waals surface area contributed by atoms with Crippen molar-refractivity contribution < 1.29 is 4.74 Å². The number of hydrogen-bond donors (Lipinski definition) is 0. The third-order valence-electron chi connectivity index (χ3n) is 3.30. The maximum absolute atomic E-state index is 5.79. The van der Waals surface area contributed by atoms with Crippen molar-refractivity contribution in [1.82, 2.24) is 0 Å². The maximum Gasteiger partial charge on any atom is 0.0608 e. The molecule has 1 aliphatic rings. The van der Waals surface area contributed by atoms with Crippen LogP contribution in [0.15, 0.2) is 24.3 Å². The molecule has 0 bridgehead atoms. The van der Waals surface area contributed by atoms with E-state index in [0.29, 0.717) is 12.0 Å². The maximum atomic E-state index is 5.79. The van der Waals surface area contributed by atoms with Crippen molar-refractivity contribution >= 4 is 17.3 Å². The molecule has 1 aliphatic heterocycles. The van der Waals surface area contributed by atoms with E-state index in [1.54, 1.807) is 0 Å². The zero-order valence-corrected chi connectivity index (χ0v) is 11.1. The van der Waals surface area contributed by atoms with Crippen molar-refractivity contribution in [2.24, 2.45) is 0 Å². The molecule has 1 aromatic rings. The Labute approximate surface area is 109 Å². The Bertz CT molecular complexity index is 331. The van der Waals surface area contributed by atoms with Crippen LogP contribution in [-0.2, 0) is 10.6 Å². The summed E-state index contributed by atoms with van der Waals surface area (Å²) in [4.78, 5) is 2.42. The second kappa shape index (κ2) is 6.27. The molecule has 0 saturated carbocycles. The molecular weight excluding hydrogens is 234 g/mol. The SMILES string of the molecule is CCOC1CCN(c2ccc(CCl)cc2)CC1. The Kier molecular flexibility index (Phi) is 4.69. The lowest BCUT2D eigenvalue weighted by atomic mass is 10.1.